The monoisotopic (exact) mass is 334 g/mol. The van der Waals surface area contributed by atoms with Crippen LogP contribution < -0.4 is 10.6 Å². The molecule has 0 aliphatic heterocycles. The van der Waals surface area contributed by atoms with Crippen LogP contribution in [0.25, 0.3) is 0 Å². The van der Waals surface area contributed by atoms with Gasteiger partial charge in [0.05, 0.1) is 17.4 Å². The van der Waals surface area contributed by atoms with Crippen molar-refractivity contribution in [2.75, 3.05) is 18.4 Å². The Labute approximate surface area is 140 Å². The first-order valence-corrected chi connectivity index (χ1v) is 8.49. The zero-order valence-corrected chi connectivity index (χ0v) is 14.5. The number of aryl methyl sites for hydroxylation is 3. The Kier molecular flexibility index (Phi) is 6.40. The zero-order valence-electron chi connectivity index (χ0n) is 13.7. The lowest BCUT2D eigenvalue weighted by Crippen LogP contribution is -2.29. The summed E-state index contributed by atoms with van der Waals surface area (Å²) < 4.78 is 7.98. The first-order valence-electron chi connectivity index (χ1n) is 7.76. The van der Waals surface area contributed by atoms with Gasteiger partial charge in [-0.2, -0.15) is 8.75 Å². The molecule has 0 aliphatic carbocycles. The second kappa shape index (κ2) is 8.52. The second-order valence-electron chi connectivity index (χ2n) is 5.30. The molecular formula is C15H22N6OS. The van der Waals surface area contributed by atoms with E-state index >= 15 is 0 Å². The summed E-state index contributed by atoms with van der Waals surface area (Å²) >= 11 is 1.05. The number of nitrogens with zero attached hydrogens (tertiary/aromatic N) is 4. The van der Waals surface area contributed by atoms with E-state index in [9.17, 15) is 4.79 Å². The van der Waals surface area contributed by atoms with Gasteiger partial charge in [0.25, 0.3) is 5.91 Å². The number of hydrogen-bond donors (Lipinski definition) is 2. The first-order chi connectivity index (χ1) is 11.1. The number of anilines is 1. The van der Waals surface area contributed by atoms with Crippen molar-refractivity contribution >= 4 is 23.5 Å². The molecule has 0 fully saturated rings. The molecule has 23 heavy (non-hydrogen) atoms. The van der Waals surface area contributed by atoms with E-state index in [0.29, 0.717) is 24.5 Å². The van der Waals surface area contributed by atoms with Crippen molar-refractivity contribution in [3.8, 4) is 0 Å². The molecule has 2 heterocycles. The largest absolute Gasteiger partial charge is 0.368 e. The van der Waals surface area contributed by atoms with Crippen molar-refractivity contribution in [1.82, 2.24) is 24.0 Å². The van der Waals surface area contributed by atoms with Gasteiger partial charge >= 0.3 is 0 Å². The predicted molar refractivity (Wildman–Crippen MR) is 90.8 cm³/mol. The van der Waals surface area contributed by atoms with Gasteiger partial charge in [-0.05, 0) is 20.3 Å². The summed E-state index contributed by atoms with van der Waals surface area (Å²) in [5.74, 6) is 1.47. The van der Waals surface area contributed by atoms with Crippen molar-refractivity contribution in [1.29, 1.82) is 0 Å². The van der Waals surface area contributed by atoms with Gasteiger partial charge in [0.1, 0.15) is 11.6 Å². The third-order valence-corrected chi connectivity index (χ3v) is 3.86. The normalized spacial score (nSPS) is 10.6. The molecule has 7 nitrogen and oxygen atoms in total. The molecule has 2 aromatic rings. The van der Waals surface area contributed by atoms with Crippen LogP contribution in [0, 0.1) is 13.8 Å². The van der Waals surface area contributed by atoms with Gasteiger partial charge in [0, 0.05) is 31.3 Å². The molecule has 0 saturated heterocycles. The van der Waals surface area contributed by atoms with Gasteiger partial charge in [-0.25, -0.2) is 9.97 Å². The van der Waals surface area contributed by atoms with E-state index in [4.69, 9.17) is 0 Å². The number of nitrogens with one attached hydrogen (secondary N) is 2. The molecule has 8 heteroatoms. The minimum atomic E-state index is -0.194. The number of rotatable bonds is 8. The molecule has 0 unspecified atom stereocenters. The summed E-state index contributed by atoms with van der Waals surface area (Å²) in [6.45, 7) is 6.96. The molecule has 2 N–H and O–H groups in total. The topological polar surface area (TPSA) is 92.7 Å². The lowest BCUT2D eigenvalue weighted by molar-refractivity contribution is 0.0950. The number of carbonyl (C=O) groups excluding carboxylic acids is 1. The average molecular weight is 334 g/mol. The molecule has 0 atom stereocenters. The van der Waals surface area contributed by atoms with E-state index in [1.807, 2.05) is 13.0 Å². The number of hydrogen-bond acceptors (Lipinski definition) is 7. The number of amides is 1. The Morgan fingerprint density at radius 3 is 2.74 bits per heavy atom. The average Bonchev–Trinajstić information content (AvgIpc) is 2.95. The lowest BCUT2D eigenvalue weighted by atomic mass is 10.2. The summed E-state index contributed by atoms with van der Waals surface area (Å²) in [5, 5.41) is 6.04. The van der Waals surface area contributed by atoms with Crippen molar-refractivity contribution in [3.05, 3.63) is 29.0 Å². The maximum absolute atomic E-state index is 11.9. The molecule has 0 radical (unpaired) electrons. The van der Waals surface area contributed by atoms with Gasteiger partial charge in [-0.15, -0.1) is 0 Å². The van der Waals surface area contributed by atoms with Crippen LogP contribution in [-0.4, -0.2) is 37.7 Å². The van der Waals surface area contributed by atoms with Crippen molar-refractivity contribution in [2.45, 2.75) is 40.0 Å². The van der Waals surface area contributed by atoms with Crippen LogP contribution in [-0.2, 0) is 6.42 Å². The highest BCUT2D eigenvalue weighted by Crippen LogP contribution is 2.08. The summed E-state index contributed by atoms with van der Waals surface area (Å²) in [6.07, 6.45) is 3.09. The summed E-state index contributed by atoms with van der Waals surface area (Å²) in [5.41, 5.74) is 2.00. The van der Waals surface area contributed by atoms with E-state index in [0.717, 1.165) is 48.3 Å². The fourth-order valence-corrected chi connectivity index (χ4v) is 2.60. The fraction of sp³-hybridized carbons (Fsp3) is 0.533. The predicted octanol–water partition coefficient (Wildman–Crippen LogP) is 2.13. The van der Waals surface area contributed by atoms with Crippen LogP contribution >= 0.6 is 11.7 Å². The maximum atomic E-state index is 11.9. The highest BCUT2D eigenvalue weighted by Gasteiger charge is 2.12. The Morgan fingerprint density at radius 1 is 1.22 bits per heavy atom. The molecule has 1 amide bonds. The molecule has 124 valence electrons. The fourth-order valence-electron chi connectivity index (χ4n) is 2.06. The van der Waals surface area contributed by atoms with E-state index in [-0.39, 0.29) is 5.91 Å². The van der Waals surface area contributed by atoms with Gasteiger partial charge < -0.3 is 10.6 Å². The van der Waals surface area contributed by atoms with Gasteiger partial charge in [0.15, 0.2) is 5.69 Å². The van der Waals surface area contributed by atoms with E-state index in [1.54, 1.807) is 6.92 Å². The van der Waals surface area contributed by atoms with Crippen molar-refractivity contribution in [3.63, 3.8) is 0 Å². The van der Waals surface area contributed by atoms with Gasteiger partial charge in [-0.1, -0.05) is 13.3 Å². The molecular weight excluding hydrogens is 312 g/mol. The van der Waals surface area contributed by atoms with Crippen LogP contribution in [0.1, 0.15) is 47.5 Å². The van der Waals surface area contributed by atoms with Crippen molar-refractivity contribution in [2.24, 2.45) is 0 Å². The first kappa shape index (κ1) is 17.3. The molecule has 0 aliphatic rings. The van der Waals surface area contributed by atoms with Crippen molar-refractivity contribution < 1.29 is 4.79 Å². The maximum Gasteiger partial charge on any atom is 0.273 e. The Hall–Kier alpha value is -2.09. The minimum absolute atomic E-state index is 0.194. The molecule has 0 aromatic carbocycles. The number of aromatic nitrogens is 4. The summed E-state index contributed by atoms with van der Waals surface area (Å²) in [4.78, 5) is 20.8. The third kappa shape index (κ3) is 5.24. The highest BCUT2D eigenvalue weighted by molar-refractivity contribution is 6.99. The minimum Gasteiger partial charge on any atom is -0.368 e. The molecule has 0 spiro atoms. The van der Waals surface area contributed by atoms with E-state index in [2.05, 4.69) is 36.3 Å². The lowest BCUT2D eigenvalue weighted by Gasteiger charge is -2.09. The highest BCUT2D eigenvalue weighted by atomic mass is 32.1. The van der Waals surface area contributed by atoms with Crippen LogP contribution in [0.3, 0.4) is 0 Å². The Balaban J connectivity index is 1.81. The Morgan fingerprint density at radius 2 is 2.04 bits per heavy atom. The second-order valence-corrected chi connectivity index (χ2v) is 5.82. The van der Waals surface area contributed by atoms with E-state index in [1.165, 1.54) is 0 Å². The van der Waals surface area contributed by atoms with Gasteiger partial charge in [-0.3, -0.25) is 4.79 Å². The van der Waals surface area contributed by atoms with Crippen LogP contribution in [0.15, 0.2) is 6.07 Å². The molecule has 0 saturated carbocycles. The smallest absolute Gasteiger partial charge is 0.273 e. The SMILES string of the molecule is CCCCc1nc(C)cc(NCCNC(=O)c2nsnc2C)n1. The van der Waals surface area contributed by atoms with Gasteiger partial charge in [0.2, 0.25) is 0 Å². The standard InChI is InChI=1S/C15H22N6OS/c1-4-5-6-12-18-10(2)9-13(19-12)16-7-8-17-15(22)14-11(3)20-23-21-14/h9H,4-8H2,1-3H3,(H,17,22)(H,16,18,19). The third-order valence-electron chi connectivity index (χ3n) is 3.24. The molecule has 2 rings (SSSR count). The Bertz CT molecular complexity index is 657. The summed E-state index contributed by atoms with van der Waals surface area (Å²) in [6, 6.07) is 1.91. The number of carbonyl (C=O) groups is 1. The van der Waals surface area contributed by atoms with Crippen LogP contribution in [0.5, 0.6) is 0 Å². The summed E-state index contributed by atoms with van der Waals surface area (Å²) in [7, 11) is 0. The number of unbranched alkanes of at least 4 members (excludes halogenated alkanes) is 1. The van der Waals surface area contributed by atoms with Crippen LogP contribution in [0.2, 0.25) is 0 Å². The molecule has 0 bridgehead atoms. The van der Waals surface area contributed by atoms with E-state index < -0.39 is 0 Å². The quantitative estimate of drug-likeness (QED) is 0.719. The zero-order chi connectivity index (χ0) is 16.7. The molecule has 2 aromatic heterocycles. The van der Waals surface area contributed by atoms with Crippen LogP contribution in [0.4, 0.5) is 5.82 Å².